The molecule has 1 aliphatic rings. The monoisotopic (exact) mass is 732 g/mol. The minimum atomic E-state index is -5.10. The molecule has 1 saturated carbocycles. The van der Waals surface area contributed by atoms with Gasteiger partial charge in [0.2, 0.25) is 0 Å². The van der Waals surface area contributed by atoms with E-state index in [9.17, 15) is 49.4 Å². The van der Waals surface area contributed by atoms with Crippen molar-refractivity contribution < 1.29 is 54.2 Å². The lowest BCUT2D eigenvalue weighted by Gasteiger charge is -2.34. The number of carboxylic acid groups (broad SMARTS) is 1. The number of rotatable bonds is 12. The van der Waals surface area contributed by atoms with Crippen molar-refractivity contribution in [2.75, 3.05) is 22.9 Å². The predicted octanol–water partition coefficient (Wildman–Crippen LogP) is 7.88. The second-order valence-electron chi connectivity index (χ2n) is 11.7. The SMILES string of the molecule is CCCN(CC1CCC(C(=O)O)CC1)c1ccc(OC(F)(F)F)cc1CN(Cc1cc(C(F)(F)F)cc(C(F)(F)F)c1)c1nnn(C)n1.Cl. The number of tetrazole rings is 1. The largest absolute Gasteiger partial charge is 0.573 e. The predicted molar refractivity (Wildman–Crippen MR) is 161 cm³/mol. The molecule has 49 heavy (non-hydrogen) atoms. The van der Waals surface area contributed by atoms with Crippen LogP contribution in [0.3, 0.4) is 0 Å². The van der Waals surface area contributed by atoms with E-state index in [0.717, 1.165) is 16.9 Å². The zero-order valence-electron chi connectivity index (χ0n) is 26.2. The summed E-state index contributed by atoms with van der Waals surface area (Å²) in [6, 6.07) is 4.73. The molecule has 0 radical (unpaired) electrons. The fourth-order valence-corrected chi connectivity index (χ4v) is 5.81. The number of ether oxygens (including phenoxy) is 1. The Bertz CT molecular complexity index is 1520. The van der Waals surface area contributed by atoms with Crippen LogP contribution in [-0.4, -0.2) is 50.7 Å². The highest BCUT2D eigenvalue weighted by Crippen LogP contribution is 2.38. The maximum absolute atomic E-state index is 13.6. The van der Waals surface area contributed by atoms with Crippen molar-refractivity contribution in [2.45, 2.75) is 70.8 Å². The van der Waals surface area contributed by atoms with Gasteiger partial charge in [0.1, 0.15) is 5.75 Å². The first kappa shape index (κ1) is 39.5. The molecule has 2 aromatic carbocycles. The number of halogens is 10. The van der Waals surface area contributed by atoms with Crippen LogP contribution < -0.4 is 14.5 Å². The van der Waals surface area contributed by atoms with Gasteiger partial charge in [-0.15, -0.1) is 30.7 Å². The molecule has 0 aliphatic heterocycles. The van der Waals surface area contributed by atoms with Gasteiger partial charge in [0.25, 0.3) is 5.95 Å². The number of aliphatic carboxylic acids is 1. The molecule has 0 saturated heterocycles. The standard InChI is InChI=1S/C30H33F9N6O3.ClH/c1-3-10-44(15-18-4-6-20(7-5-18)26(46)47)25-9-8-24(48-30(37,38)39)13-21(25)17-45(27-40-42-43(2)41-27)16-19-11-22(28(31,32)33)14-23(12-19)29(34,35)36;/h8-9,11-14,18,20H,3-7,10,15-17H2,1-2H3,(H,46,47);1H. The molecule has 4 rings (SSSR count). The van der Waals surface area contributed by atoms with E-state index < -0.39 is 59.6 Å². The third-order valence-corrected chi connectivity index (χ3v) is 7.96. The summed E-state index contributed by atoms with van der Waals surface area (Å²) in [5.41, 5.74) is -2.84. The maximum Gasteiger partial charge on any atom is 0.573 e. The molecule has 1 heterocycles. The lowest BCUT2D eigenvalue weighted by molar-refractivity contribution is -0.274. The minimum Gasteiger partial charge on any atom is -0.481 e. The van der Waals surface area contributed by atoms with Crippen molar-refractivity contribution in [3.8, 4) is 5.75 Å². The van der Waals surface area contributed by atoms with E-state index in [0.29, 0.717) is 63.0 Å². The molecule has 0 unspecified atom stereocenters. The van der Waals surface area contributed by atoms with Crippen molar-refractivity contribution in [3.63, 3.8) is 0 Å². The Balaban J connectivity index is 0.00000650. The van der Waals surface area contributed by atoms with Gasteiger partial charge in [0.15, 0.2) is 0 Å². The lowest BCUT2D eigenvalue weighted by atomic mass is 9.81. The third kappa shape index (κ3) is 11.0. The molecule has 0 bridgehead atoms. The number of benzene rings is 2. The molecule has 1 fully saturated rings. The highest BCUT2D eigenvalue weighted by Gasteiger charge is 2.37. The molecular formula is C30H34ClF9N6O3. The molecule has 1 aliphatic carbocycles. The van der Waals surface area contributed by atoms with Gasteiger partial charge in [-0.3, -0.25) is 4.79 Å². The summed E-state index contributed by atoms with van der Waals surface area (Å²) in [5.74, 6) is -2.07. The van der Waals surface area contributed by atoms with E-state index in [2.05, 4.69) is 20.1 Å². The summed E-state index contributed by atoms with van der Waals surface area (Å²) in [4.78, 5) is 15.6. The Kier molecular flexibility index (Phi) is 12.7. The summed E-state index contributed by atoms with van der Waals surface area (Å²) in [6.07, 6.45) is -12.5. The molecule has 272 valence electrons. The second kappa shape index (κ2) is 15.7. The van der Waals surface area contributed by atoms with Gasteiger partial charge in [-0.1, -0.05) is 12.0 Å². The number of nitrogens with zero attached hydrogens (tertiary/aromatic N) is 6. The van der Waals surface area contributed by atoms with Crippen molar-refractivity contribution >= 4 is 30.0 Å². The van der Waals surface area contributed by atoms with Crippen LogP contribution in [0.25, 0.3) is 0 Å². The fraction of sp³-hybridized carbons (Fsp3) is 0.533. The number of anilines is 2. The van der Waals surface area contributed by atoms with E-state index in [1.165, 1.54) is 18.0 Å². The van der Waals surface area contributed by atoms with Crippen LogP contribution in [0.1, 0.15) is 61.3 Å². The molecule has 3 aromatic rings. The van der Waals surface area contributed by atoms with E-state index in [1.54, 1.807) is 0 Å². The van der Waals surface area contributed by atoms with Gasteiger partial charge in [-0.2, -0.15) is 31.1 Å². The molecule has 1 aromatic heterocycles. The van der Waals surface area contributed by atoms with Gasteiger partial charge in [0, 0.05) is 31.9 Å². The van der Waals surface area contributed by atoms with Crippen LogP contribution in [0.2, 0.25) is 0 Å². The van der Waals surface area contributed by atoms with E-state index >= 15 is 0 Å². The van der Waals surface area contributed by atoms with E-state index in [4.69, 9.17) is 0 Å². The number of aryl methyl sites for hydroxylation is 1. The van der Waals surface area contributed by atoms with Crippen LogP contribution in [0.15, 0.2) is 36.4 Å². The fourth-order valence-electron chi connectivity index (χ4n) is 5.81. The number of carboxylic acids is 1. The minimum absolute atomic E-state index is 0. The van der Waals surface area contributed by atoms with Crippen molar-refractivity contribution in [2.24, 2.45) is 18.9 Å². The van der Waals surface area contributed by atoms with Crippen molar-refractivity contribution in [1.82, 2.24) is 20.2 Å². The van der Waals surface area contributed by atoms with Crippen molar-refractivity contribution in [3.05, 3.63) is 58.7 Å². The Hall–Kier alpha value is -3.96. The van der Waals surface area contributed by atoms with Crippen molar-refractivity contribution in [1.29, 1.82) is 0 Å². The Morgan fingerprint density at radius 3 is 2.02 bits per heavy atom. The Morgan fingerprint density at radius 1 is 0.918 bits per heavy atom. The summed E-state index contributed by atoms with van der Waals surface area (Å²) >= 11 is 0. The highest BCUT2D eigenvalue weighted by molar-refractivity contribution is 5.85. The molecule has 9 nitrogen and oxygen atoms in total. The molecule has 0 atom stereocenters. The molecule has 19 heteroatoms. The highest BCUT2D eigenvalue weighted by atomic mass is 35.5. The Labute approximate surface area is 281 Å². The van der Waals surface area contributed by atoms with Gasteiger partial charge in [0.05, 0.1) is 24.1 Å². The zero-order valence-corrected chi connectivity index (χ0v) is 27.1. The second-order valence-corrected chi connectivity index (χ2v) is 11.7. The van der Waals surface area contributed by atoms with Gasteiger partial charge in [-0.05, 0) is 90.8 Å². The average Bonchev–Trinajstić information content (AvgIpc) is 3.41. The molecular weight excluding hydrogens is 699 g/mol. The van der Waals surface area contributed by atoms with Crippen LogP contribution >= 0.6 is 12.4 Å². The molecule has 1 N–H and O–H groups in total. The summed E-state index contributed by atoms with van der Waals surface area (Å²) in [5, 5.41) is 21.0. The van der Waals surface area contributed by atoms with Crippen LogP contribution in [0.5, 0.6) is 5.75 Å². The maximum atomic E-state index is 13.6. The van der Waals surface area contributed by atoms with Crippen LogP contribution in [0, 0.1) is 11.8 Å². The smallest absolute Gasteiger partial charge is 0.481 e. The topological polar surface area (TPSA) is 96.6 Å². The lowest BCUT2D eigenvalue weighted by Crippen LogP contribution is -2.34. The summed E-state index contributed by atoms with van der Waals surface area (Å²) < 4.78 is 126. The number of alkyl halides is 9. The van der Waals surface area contributed by atoms with E-state index in [-0.39, 0.29) is 42.4 Å². The zero-order chi connectivity index (χ0) is 35.4. The first-order valence-corrected chi connectivity index (χ1v) is 15.0. The summed E-state index contributed by atoms with van der Waals surface area (Å²) in [6.45, 7) is 1.79. The molecule has 0 amide bonds. The van der Waals surface area contributed by atoms with E-state index in [1.807, 2.05) is 11.8 Å². The quantitative estimate of drug-likeness (QED) is 0.188. The average molecular weight is 733 g/mol. The van der Waals surface area contributed by atoms with Crippen LogP contribution in [-0.2, 0) is 37.3 Å². The molecule has 0 spiro atoms. The summed E-state index contributed by atoms with van der Waals surface area (Å²) in [7, 11) is 1.38. The third-order valence-electron chi connectivity index (χ3n) is 7.96. The number of hydrogen-bond acceptors (Lipinski definition) is 7. The first-order chi connectivity index (χ1) is 22.3. The van der Waals surface area contributed by atoms with Gasteiger partial charge < -0.3 is 19.6 Å². The number of hydrogen-bond donors (Lipinski definition) is 1. The van der Waals surface area contributed by atoms with Crippen LogP contribution in [0.4, 0.5) is 51.1 Å². The first-order valence-electron chi connectivity index (χ1n) is 15.0. The number of carbonyl (C=O) groups is 1. The normalized spacial score (nSPS) is 17.0. The van der Waals surface area contributed by atoms with Gasteiger partial charge >= 0.3 is 24.7 Å². The Morgan fingerprint density at radius 2 is 1.53 bits per heavy atom. The van der Waals surface area contributed by atoms with Gasteiger partial charge in [-0.25, -0.2) is 0 Å². The number of aromatic nitrogens is 4.